The van der Waals surface area contributed by atoms with Gasteiger partial charge in [-0.3, -0.25) is 0 Å². The molecule has 1 aliphatic heterocycles. The molecule has 2 aromatic rings. The molecule has 24 heavy (non-hydrogen) atoms. The Morgan fingerprint density at radius 3 is 2.83 bits per heavy atom. The van der Waals surface area contributed by atoms with Crippen LogP contribution < -0.4 is 5.32 Å². The average Bonchev–Trinajstić information content (AvgIpc) is 3.19. The zero-order valence-corrected chi connectivity index (χ0v) is 13.9. The summed E-state index contributed by atoms with van der Waals surface area (Å²) < 4.78 is 2.15. The van der Waals surface area contributed by atoms with Gasteiger partial charge in [0.15, 0.2) is 5.82 Å². The minimum Gasteiger partial charge on any atom is -0.366 e. The molecular formula is C17H23N7. The molecule has 0 bridgehead atoms. The van der Waals surface area contributed by atoms with Gasteiger partial charge in [-0.25, -0.2) is 4.68 Å². The van der Waals surface area contributed by atoms with E-state index in [-0.39, 0.29) is 0 Å². The zero-order valence-electron chi connectivity index (χ0n) is 13.9. The summed E-state index contributed by atoms with van der Waals surface area (Å²) in [6, 6.07) is 0. The molecule has 7 nitrogen and oxygen atoms in total. The Hall–Kier alpha value is -2.18. The Bertz CT molecular complexity index is 767. The highest BCUT2D eigenvalue weighted by atomic mass is 15.5. The molecule has 0 spiro atoms. The number of nitrogens with one attached hydrogen (secondary N) is 2. The number of H-pyrrole nitrogens is 1. The second-order valence-electron chi connectivity index (χ2n) is 7.18. The van der Waals surface area contributed by atoms with Crippen LogP contribution in [0.2, 0.25) is 0 Å². The minimum absolute atomic E-state index is 0.653. The number of aryl methyl sites for hydroxylation is 2. The lowest BCUT2D eigenvalue weighted by molar-refractivity contribution is 0.405. The number of anilines is 1. The molecule has 0 radical (unpaired) electrons. The molecule has 1 fully saturated rings. The van der Waals surface area contributed by atoms with Crippen LogP contribution in [0.15, 0.2) is 5.57 Å². The predicted molar refractivity (Wildman–Crippen MR) is 90.6 cm³/mol. The fraction of sp³-hybridized carbons (Fsp3) is 0.647. The fourth-order valence-corrected chi connectivity index (χ4v) is 4.24. The minimum atomic E-state index is 0.653. The SMILES string of the molecule is C1CCC2=C(C1)CNc1c2c(C2CCC2)nn1CCc1nn[nH]n1. The summed E-state index contributed by atoms with van der Waals surface area (Å²) in [7, 11) is 0. The van der Waals surface area contributed by atoms with Crippen LogP contribution in [0.4, 0.5) is 5.82 Å². The number of hydrogen-bond donors (Lipinski definition) is 2. The summed E-state index contributed by atoms with van der Waals surface area (Å²) in [5, 5.41) is 23.0. The molecule has 2 N–H and O–H groups in total. The maximum atomic E-state index is 5.04. The van der Waals surface area contributed by atoms with Crippen molar-refractivity contribution in [1.82, 2.24) is 30.4 Å². The highest BCUT2D eigenvalue weighted by Crippen LogP contribution is 2.46. The van der Waals surface area contributed by atoms with Crippen molar-refractivity contribution in [3.05, 3.63) is 22.7 Å². The molecule has 0 saturated heterocycles. The average molecular weight is 325 g/mol. The van der Waals surface area contributed by atoms with E-state index in [1.807, 2.05) is 0 Å². The fourth-order valence-electron chi connectivity index (χ4n) is 4.24. The topological polar surface area (TPSA) is 84.3 Å². The van der Waals surface area contributed by atoms with E-state index in [9.17, 15) is 0 Å². The lowest BCUT2D eigenvalue weighted by atomic mass is 9.77. The number of aromatic nitrogens is 6. The number of fused-ring (bicyclic) bond motifs is 2. The van der Waals surface area contributed by atoms with Crippen molar-refractivity contribution in [3.63, 3.8) is 0 Å². The molecule has 126 valence electrons. The first kappa shape index (κ1) is 14.2. The Morgan fingerprint density at radius 2 is 2.04 bits per heavy atom. The number of allylic oxidation sites excluding steroid dienone is 1. The highest BCUT2D eigenvalue weighted by Gasteiger charge is 2.33. The summed E-state index contributed by atoms with van der Waals surface area (Å²) in [4.78, 5) is 0. The van der Waals surface area contributed by atoms with Crippen molar-refractivity contribution < 1.29 is 0 Å². The van der Waals surface area contributed by atoms with Crippen LogP contribution in [0.1, 0.15) is 67.9 Å². The van der Waals surface area contributed by atoms with Crippen LogP contribution in [-0.4, -0.2) is 36.9 Å². The molecule has 3 aliphatic rings. The third-order valence-corrected chi connectivity index (χ3v) is 5.76. The first-order chi connectivity index (χ1) is 11.9. The maximum absolute atomic E-state index is 5.04. The van der Waals surface area contributed by atoms with Crippen LogP contribution in [0.25, 0.3) is 5.57 Å². The highest BCUT2D eigenvalue weighted by molar-refractivity contribution is 5.82. The molecule has 2 aromatic heterocycles. The van der Waals surface area contributed by atoms with Crippen LogP contribution in [0, 0.1) is 0 Å². The Labute approximate surface area is 140 Å². The van der Waals surface area contributed by atoms with E-state index in [4.69, 9.17) is 5.10 Å². The molecule has 2 aliphatic carbocycles. The number of nitrogens with zero attached hydrogens (tertiary/aromatic N) is 5. The van der Waals surface area contributed by atoms with Crippen LogP contribution in [0.5, 0.6) is 0 Å². The Balaban J connectivity index is 1.52. The van der Waals surface area contributed by atoms with Gasteiger partial charge in [0.1, 0.15) is 5.82 Å². The lowest BCUT2D eigenvalue weighted by Crippen LogP contribution is -2.20. The van der Waals surface area contributed by atoms with Crippen LogP contribution in [0.3, 0.4) is 0 Å². The van der Waals surface area contributed by atoms with Gasteiger partial charge in [-0.1, -0.05) is 11.6 Å². The number of aromatic amines is 1. The van der Waals surface area contributed by atoms with Gasteiger partial charge in [-0.05, 0) is 49.7 Å². The summed E-state index contributed by atoms with van der Waals surface area (Å²) in [5.74, 6) is 2.62. The number of tetrazole rings is 1. The molecule has 5 rings (SSSR count). The van der Waals surface area contributed by atoms with Crippen LogP contribution >= 0.6 is 0 Å². The summed E-state index contributed by atoms with van der Waals surface area (Å²) in [6.45, 7) is 1.78. The number of rotatable bonds is 4. The summed E-state index contributed by atoms with van der Waals surface area (Å²) in [6.07, 6.45) is 9.79. The standard InChI is InChI=1S/C17H23N7/c1-2-7-13-12(4-1)10-18-17-15(13)16(11-5-3-6-11)21-24(17)9-8-14-19-22-23-20-14/h11,18H,1-10H2,(H,19,20,22,23). The van der Waals surface area contributed by atoms with Gasteiger partial charge in [0.05, 0.1) is 12.2 Å². The van der Waals surface area contributed by atoms with Crippen molar-refractivity contribution in [1.29, 1.82) is 0 Å². The second kappa shape index (κ2) is 5.72. The number of hydrogen-bond acceptors (Lipinski definition) is 5. The Morgan fingerprint density at radius 1 is 1.12 bits per heavy atom. The van der Waals surface area contributed by atoms with Crippen molar-refractivity contribution >= 4 is 11.4 Å². The second-order valence-corrected chi connectivity index (χ2v) is 7.18. The molecule has 7 heteroatoms. The van der Waals surface area contributed by atoms with Gasteiger partial charge < -0.3 is 5.32 Å². The lowest BCUT2D eigenvalue weighted by Gasteiger charge is -2.30. The first-order valence-corrected chi connectivity index (χ1v) is 9.18. The third kappa shape index (κ3) is 2.25. The zero-order chi connectivity index (χ0) is 15.9. The van der Waals surface area contributed by atoms with Gasteiger partial charge in [0.25, 0.3) is 0 Å². The van der Waals surface area contributed by atoms with E-state index in [0.717, 1.165) is 25.3 Å². The van der Waals surface area contributed by atoms with Crippen molar-refractivity contribution in [2.75, 3.05) is 11.9 Å². The third-order valence-electron chi connectivity index (χ3n) is 5.76. The molecular weight excluding hydrogens is 302 g/mol. The molecule has 1 saturated carbocycles. The van der Waals surface area contributed by atoms with Crippen molar-refractivity contribution in [3.8, 4) is 0 Å². The largest absolute Gasteiger partial charge is 0.366 e. The quantitative estimate of drug-likeness (QED) is 0.903. The van der Waals surface area contributed by atoms with Gasteiger partial charge in [-0.2, -0.15) is 10.3 Å². The maximum Gasteiger partial charge on any atom is 0.176 e. The van der Waals surface area contributed by atoms with E-state index in [1.54, 1.807) is 11.1 Å². The van der Waals surface area contributed by atoms with Gasteiger partial charge >= 0.3 is 0 Å². The van der Waals surface area contributed by atoms with Gasteiger partial charge in [-0.15, -0.1) is 10.2 Å². The van der Waals surface area contributed by atoms with Crippen molar-refractivity contribution in [2.24, 2.45) is 0 Å². The van der Waals surface area contributed by atoms with E-state index >= 15 is 0 Å². The van der Waals surface area contributed by atoms with E-state index in [0.29, 0.717) is 5.92 Å². The van der Waals surface area contributed by atoms with Gasteiger partial charge in [0.2, 0.25) is 0 Å². The molecule has 3 heterocycles. The first-order valence-electron chi connectivity index (χ1n) is 9.18. The van der Waals surface area contributed by atoms with E-state index < -0.39 is 0 Å². The smallest absolute Gasteiger partial charge is 0.176 e. The van der Waals surface area contributed by atoms with Crippen molar-refractivity contribution in [2.45, 2.75) is 63.8 Å². The van der Waals surface area contributed by atoms with E-state index in [2.05, 4.69) is 30.6 Å². The Kier molecular flexibility index (Phi) is 3.38. The summed E-state index contributed by atoms with van der Waals surface area (Å²) >= 11 is 0. The normalized spacial score (nSPS) is 20.3. The molecule has 0 aromatic carbocycles. The molecule has 0 atom stereocenters. The monoisotopic (exact) mass is 325 g/mol. The molecule has 0 amide bonds. The van der Waals surface area contributed by atoms with Gasteiger partial charge in [0, 0.05) is 24.4 Å². The summed E-state index contributed by atoms with van der Waals surface area (Å²) in [5.41, 5.74) is 5.99. The van der Waals surface area contributed by atoms with E-state index in [1.165, 1.54) is 62.0 Å². The molecule has 0 unspecified atom stereocenters. The van der Waals surface area contributed by atoms with Crippen LogP contribution in [-0.2, 0) is 13.0 Å². The predicted octanol–water partition coefficient (Wildman–Crippen LogP) is 2.66.